The van der Waals surface area contributed by atoms with E-state index in [9.17, 15) is 4.79 Å². The monoisotopic (exact) mass is 354 g/mol. The molecule has 6 radical (unpaired) electrons. The molecule has 0 N–H and O–H groups in total. The molecule has 1 atom stereocenters. The zero-order valence-corrected chi connectivity index (χ0v) is 15.0. The van der Waals surface area contributed by atoms with Crippen molar-refractivity contribution in [3.05, 3.63) is 35.9 Å². The molecule has 10 heteroatoms. The van der Waals surface area contributed by atoms with E-state index in [1.54, 1.807) is 43.3 Å². The molecule has 2 heterocycles. The van der Waals surface area contributed by atoms with Crippen LogP contribution in [-0.4, -0.2) is 61.5 Å². The first-order chi connectivity index (χ1) is 11.2. The number of anilines is 1. The minimum Gasteiger partial charge on any atom is -0.311 e. The van der Waals surface area contributed by atoms with Crippen molar-refractivity contribution >= 4 is 58.5 Å². The predicted octanol–water partition coefficient (Wildman–Crippen LogP) is 1.37. The van der Waals surface area contributed by atoms with Gasteiger partial charge >= 0.3 is 0 Å². The van der Waals surface area contributed by atoms with Crippen LogP contribution in [0.2, 0.25) is 5.15 Å². The highest BCUT2D eigenvalue weighted by atomic mass is 35.5. The maximum absolute atomic E-state index is 12.5. The Bertz CT molecular complexity index is 708. The summed E-state index contributed by atoms with van der Waals surface area (Å²) in [5.41, 5.74) is 1.25. The van der Waals surface area contributed by atoms with E-state index in [-0.39, 0.29) is 17.0 Å². The third kappa shape index (κ3) is 4.83. The Kier molecular flexibility index (Phi) is 6.09. The summed E-state index contributed by atoms with van der Waals surface area (Å²) in [5, 5.41) is 4.43. The molecule has 2 aromatic rings. The van der Waals surface area contributed by atoms with E-state index in [1.165, 1.54) is 4.90 Å². The Morgan fingerprint density at radius 2 is 2.21 bits per heavy atom. The summed E-state index contributed by atoms with van der Waals surface area (Å²) in [7, 11) is 18.2. The van der Waals surface area contributed by atoms with Gasteiger partial charge in [-0.2, -0.15) is 16.9 Å². The summed E-state index contributed by atoms with van der Waals surface area (Å²) in [6, 6.07) is 3.63. The van der Waals surface area contributed by atoms with E-state index < -0.39 is 4.45 Å². The lowest BCUT2D eigenvalue weighted by Crippen LogP contribution is -2.34. The molecule has 2 rings (SSSR count). The van der Waals surface area contributed by atoms with Gasteiger partial charge in [-0.3, -0.25) is 9.78 Å². The van der Waals surface area contributed by atoms with Crippen molar-refractivity contribution in [1.82, 2.24) is 14.8 Å². The maximum atomic E-state index is 12.5. The van der Waals surface area contributed by atoms with Gasteiger partial charge in [-0.15, -0.1) is 0 Å². The molecule has 0 aliphatic carbocycles. The average Bonchev–Trinajstić information content (AvgIpc) is 2.93. The first-order valence-corrected chi connectivity index (χ1v) is 8.49. The Morgan fingerprint density at radius 3 is 2.79 bits per heavy atom. The SMILES string of the molecule is [B]C([B])([B])SCC(C)C(=O)N(C)c1cn(-c2cccnc2)nc1Cl. The Labute approximate surface area is 154 Å². The Balaban J connectivity index is 2.13. The van der Waals surface area contributed by atoms with Crippen molar-refractivity contribution < 1.29 is 4.79 Å². The number of thioether (sulfide) groups is 1. The molecular formula is C14H14B3ClN4OS. The molecular weight excluding hydrogens is 340 g/mol. The van der Waals surface area contributed by atoms with Crippen molar-refractivity contribution in [2.75, 3.05) is 17.7 Å². The number of nitrogens with zero attached hydrogens (tertiary/aromatic N) is 4. The van der Waals surface area contributed by atoms with E-state index in [2.05, 4.69) is 10.1 Å². The summed E-state index contributed by atoms with van der Waals surface area (Å²) in [4.78, 5) is 18.0. The maximum Gasteiger partial charge on any atom is 0.230 e. The van der Waals surface area contributed by atoms with Gasteiger partial charge in [0.15, 0.2) is 5.15 Å². The Hall–Kier alpha value is -1.34. The predicted molar refractivity (Wildman–Crippen MR) is 101 cm³/mol. The zero-order valence-electron chi connectivity index (χ0n) is 13.4. The largest absolute Gasteiger partial charge is 0.311 e. The van der Waals surface area contributed by atoms with Gasteiger partial charge < -0.3 is 4.90 Å². The number of pyridine rings is 1. The van der Waals surface area contributed by atoms with Gasteiger partial charge in [0.1, 0.15) is 5.69 Å². The van der Waals surface area contributed by atoms with E-state index >= 15 is 0 Å². The van der Waals surface area contributed by atoms with Crippen LogP contribution in [0, 0.1) is 5.92 Å². The van der Waals surface area contributed by atoms with Gasteiger partial charge in [0.05, 0.1) is 41.6 Å². The summed E-state index contributed by atoms with van der Waals surface area (Å²) >= 11 is 7.29. The second-order valence-corrected chi connectivity index (χ2v) is 7.11. The fourth-order valence-electron chi connectivity index (χ4n) is 1.98. The summed E-state index contributed by atoms with van der Waals surface area (Å²) < 4.78 is 0.203. The highest BCUT2D eigenvalue weighted by molar-refractivity contribution is 8.04. The first kappa shape index (κ1) is 19.0. The standard InChI is InChI=1S/C14H14B3ClN4OS/c1-9(8-24-14(15,16)17)13(23)21(2)11-7-22(20-12(11)18)10-4-3-5-19-6-10/h3-7,9H,8H2,1-2H3. The number of amides is 1. The van der Waals surface area contributed by atoms with Crippen LogP contribution in [0.1, 0.15) is 6.92 Å². The minimum absolute atomic E-state index is 0.139. The lowest BCUT2D eigenvalue weighted by Gasteiger charge is -2.24. The highest BCUT2D eigenvalue weighted by Crippen LogP contribution is 2.27. The second-order valence-electron chi connectivity index (χ2n) is 5.42. The van der Waals surface area contributed by atoms with Gasteiger partial charge in [-0.1, -0.05) is 23.0 Å². The minimum atomic E-state index is -1.37. The van der Waals surface area contributed by atoms with Crippen molar-refractivity contribution in [1.29, 1.82) is 0 Å². The molecule has 0 bridgehead atoms. The number of hydrogen-bond acceptors (Lipinski definition) is 4. The summed E-state index contributed by atoms with van der Waals surface area (Å²) in [5.74, 6) is -0.0895. The van der Waals surface area contributed by atoms with Crippen LogP contribution < -0.4 is 4.90 Å². The average molecular weight is 354 g/mol. The summed E-state index contributed by atoms with van der Waals surface area (Å²) in [6.45, 7) is 1.77. The van der Waals surface area contributed by atoms with E-state index in [1.807, 2.05) is 6.07 Å². The Morgan fingerprint density at radius 1 is 1.50 bits per heavy atom. The van der Waals surface area contributed by atoms with Gasteiger partial charge in [-0.05, 0) is 12.1 Å². The molecule has 118 valence electrons. The first-order valence-electron chi connectivity index (χ1n) is 7.13. The lowest BCUT2D eigenvalue weighted by molar-refractivity contribution is -0.120. The molecule has 24 heavy (non-hydrogen) atoms. The third-order valence-corrected chi connectivity index (χ3v) is 4.69. The number of halogens is 1. The van der Waals surface area contributed by atoms with Gasteiger partial charge in [0.2, 0.25) is 5.91 Å². The summed E-state index contributed by atoms with van der Waals surface area (Å²) in [6.07, 6.45) is 4.99. The number of hydrogen-bond donors (Lipinski definition) is 0. The van der Waals surface area contributed by atoms with Gasteiger partial charge in [0, 0.05) is 24.9 Å². The number of rotatable bonds is 6. The van der Waals surface area contributed by atoms with Crippen molar-refractivity contribution in [2.24, 2.45) is 5.92 Å². The van der Waals surface area contributed by atoms with Crippen LogP contribution in [0.15, 0.2) is 30.7 Å². The molecule has 0 saturated heterocycles. The van der Waals surface area contributed by atoms with Crippen LogP contribution in [0.4, 0.5) is 5.69 Å². The molecule has 0 fully saturated rings. The zero-order chi connectivity index (χ0) is 17.9. The van der Waals surface area contributed by atoms with Crippen LogP contribution in [0.3, 0.4) is 0 Å². The van der Waals surface area contributed by atoms with E-state index in [4.69, 9.17) is 35.1 Å². The topological polar surface area (TPSA) is 51.0 Å². The molecule has 0 aromatic carbocycles. The lowest BCUT2D eigenvalue weighted by atomic mass is 9.56. The molecule has 1 amide bonds. The number of carbonyl (C=O) groups is 1. The number of carbonyl (C=O) groups excluding carboxylic acids is 1. The third-order valence-electron chi connectivity index (χ3n) is 3.26. The van der Waals surface area contributed by atoms with Crippen molar-refractivity contribution in [3.8, 4) is 5.69 Å². The van der Waals surface area contributed by atoms with Crippen LogP contribution in [0.5, 0.6) is 0 Å². The van der Waals surface area contributed by atoms with Crippen LogP contribution >= 0.6 is 23.4 Å². The molecule has 5 nitrogen and oxygen atoms in total. The van der Waals surface area contributed by atoms with Crippen molar-refractivity contribution in [3.63, 3.8) is 0 Å². The van der Waals surface area contributed by atoms with Crippen molar-refractivity contribution in [2.45, 2.75) is 11.4 Å². The molecule has 0 spiro atoms. The van der Waals surface area contributed by atoms with Crippen LogP contribution in [-0.2, 0) is 4.79 Å². The molecule has 0 saturated carbocycles. The molecule has 0 aliphatic rings. The fraction of sp³-hybridized carbons (Fsp3) is 0.357. The van der Waals surface area contributed by atoms with E-state index in [0.717, 1.165) is 17.4 Å². The fourth-order valence-corrected chi connectivity index (χ4v) is 2.92. The highest BCUT2D eigenvalue weighted by Gasteiger charge is 2.24. The second kappa shape index (κ2) is 7.70. The normalized spacial score (nSPS) is 12.8. The smallest absolute Gasteiger partial charge is 0.230 e. The molecule has 1 unspecified atom stereocenters. The van der Waals surface area contributed by atoms with Gasteiger partial charge in [0.25, 0.3) is 0 Å². The van der Waals surface area contributed by atoms with Crippen LogP contribution in [0.25, 0.3) is 5.69 Å². The van der Waals surface area contributed by atoms with E-state index in [0.29, 0.717) is 11.4 Å². The number of aromatic nitrogens is 3. The quantitative estimate of drug-likeness (QED) is 0.736. The van der Waals surface area contributed by atoms with Gasteiger partial charge in [-0.25, -0.2) is 4.68 Å². The molecule has 2 aromatic heterocycles. The molecule has 0 aliphatic heterocycles.